The van der Waals surface area contributed by atoms with Crippen molar-refractivity contribution < 1.29 is 14.3 Å². The molecule has 0 saturated heterocycles. The molecule has 1 amide bonds. The van der Waals surface area contributed by atoms with Crippen LogP contribution in [0.3, 0.4) is 0 Å². The Kier molecular flexibility index (Phi) is 6.71. The number of hydrogen-bond acceptors (Lipinski definition) is 5. The molecule has 7 heteroatoms. The number of aromatic nitrogens is 3. The molecule has 7 nitrogen and oxygen atoms in total. The van der Waals surface area contributed by atoms with E-state index < -0.39 is 0 Å². The predicted molar refractivity (Wildman–Crippen MR) is 99.0 cm³/mol. The summed E-state index contributed by atoms with van der Waals surface area (Å²) in [5.41, 5.74) is 4.55. The van der Waals surface area contributed by atoms with Gasteiger partial charge in [0, 0.05) is 29.9 Å². The normalized spacial score (nSPS) is 12.2. The molecule has 1 unspecified atom stereocenters. The maximum Gasteiger partial charge on any atom is 0.306 e. The van der Waals surface area contributed by atoms with E-state index in [1.165, 1.54) is 0 Å². The third-order valence-corrected chi connectivity index (χ3v) is 4.36. The van der Waals surface area contributed by atoms with E-state index in [4.69, 9.17) is 4.74 Å². The number of rotatable bonds is 8. The van der Waals surface area contributed by atoms with Gasteiger partial charge in [-0.2, -0.15) is 5.10 Å². The molecule has 2 aromatic rings. The van der Waals surface area contributed by atoms with E-state index in [2.05, 4.69) is 22.3 Å². The summed E-state index contributed by atoms with van der Waals surface area (Å²) in [5.74, 6) is -0.652. The lowest BCUT2D eigenvalue weighted by Gasteiger charge is -2.13. The molecule has 26 heavy (non-hydrogen) atoms. The minimum Gasteiger partial charge on any atom is -0.456 e. The van der Waals surface area contributed by atoms with Crippen LogP contribution < -0.4 is 5.32 Å². The van der Waals surface area contributed by atoms with E-state index in [9.17, 15) is 9.59 Å². The van der Waals surface area contributed by atoms with Crippen molar-refractivity contribution in [1.82, 2.24) is 19.9 Å². The molecule has 0 spiro atoms. The Bertz CT molecular complexity index is 798. The van der Waals surface area contributed by atoms with Crippen molar-refractivity contribution in [2.75, 3.05) is 6.61 Å². The highest BCUT2D eigenvalue weighted by Gasteiger charge is 2.14. The van der Waals surface area contributed by atoms with Crippen LogP contribution in [0.25, 0.3) is 5.65 Å². The molecule has 0 saturated carbocycles. The lowest BCUT2D eigenvalue weighted by atomic mass is 10.1. The van der Waals surface area contributed by atoms with Gasteiger partial charge in [-0.3, -0.25) is 9.59 Å². The van der Waals surface area contributed by atoms with E-state index in [0.717, 1.165) is 41.1 Å². The molecule has 0 fully saturated rings. The molecular formula is C19H28N4O3. The van der Waals surface area contributed by atoms with Gasteiger partial charge in [-0.1, -0.05) is 13.3 Å². The molecule has 0 bridgehead atoms. The SMILES string of the molecule is CCCC(C)NC(=O)COC(=O)CCc1c(C)nc2cc(C)nn2c1C. The number of carbonyl (C=O) groups excluding carboxylic acids is 2. The fourth-order valence-corrected chi connectivity index (χ4v) is 3.07. The van der Waals surface area contributed by atoms with Gasteiger partial charge < -0.3 is 10.1 Å². The van der Waals surface area contributed by atoms with Crippen LogP contribution in [0.1, 0.15) is 55.8 Å². The lowest BCUT2D eigenvalue weighted by Crippen LogP contribution is -2.35. The third kappa shape index (κ3) is 5.03. The third-order valence-electron chi connectivity index (χ3n) is 4.36. The molecule has 0 aliphatic heterocycles. The summed E-state index contributed by atoms with van der Waals surface area (Å²) in [7, 11) is 0. The second-order valence-electron chi connectivity index (χ2n) is 6.73. The minimum absolute atomic E-state index is 0.0897. The first kappa shape index (κ1) is 19.9. The monoisotopic (exact) mass is 360 g/mol. The quantitative estimate of drug-likeness (QED) is 0.731. The summed E-state index contributed by atoms with van der Waals surface area (Å²) in [5, 5.41) is 7.24. The van der Waals surface area contributed by atoms with E-state index in [-0.39, 0.29) is 30.9 Å². The summed E-state index contributed by atoms with van der Waals surface area (Å²) in [6.45, 7) is 9.58. The van der Waals surface area contributed by atoms with Gasteiger partial charge in [0.15, 0.2) is 12.3 Å². The Morgan fingerprint density at radius 2 is 2.04 bits per heavy atom. The van der Waals surface area contributed by atoms with Crippen LogP contribution in [0.15, 0.2) is 6.07 Å². The maximum atomic E-state index is 12.0. The Labute approximate surface area is 154 Å². The van der Waals surface area contributed by atoms with Gasteiger partial charge in [-0.05, 0) is 46.1 Å². The van der Waals surface area contributed by atoms with E-state index in [1.807, 2.05) is 33.8 Å². The largest absolute Gasteiger partial charge is 0.456 e. The van der Waals surface area contributed by atoms with Crippen molar-refractivity contribution in [3.63, 3.8) is 0 Å². The average molecular weight is 360 g/mol. The zero-order valence-electron chi connectivity index (χ0n) is 16.3. The Hall–Kier alpha value is -2.44. The molecule has 0 radical (unpaired) electrons. The molecule has 0 aliphatic rings. The van der Waals surface area contributed by atoms with Crippen LogP contribution in [0.5, 0.6) is 0 Å². The molecule has 1 N–H and O–H groups in total. The van der Waals surface area contributed by atoms with E-state index in [0.29, 0.717) is 6.42 Å². The van der Waals surface area contributed by atoms with E-state index >= 15 is 0 Å². The molecular weight excluding hydrogens is 332 g/mol. The van der Waals surface area contributed by atoms with Crippen molar-refractivity contribution in [2.24, 2.45) is 0 Å². The predicted octanol–water partition coefficient (Wildman–Crippen LogP) is 2.44. The van der Waals surface area contributed by atoms with Crippen LogP contribution in [0.2, 0.25) is 0 Å². The maximum absolute atomic E-state index is 12.0. The summed E-state index contributed by atoms with van der Waals surface area (Å²) >= 11 is 0. The number of nitrogens with one attached hydrogen (secondary N) is 1. The number of fused-ring (bicyclic) bond motifs is 1. The van der Waals surface area contributed by atoms with Gasteiger partial charge in [-0.15, -0.1) is 0 Å². The highest BCUT2D eigenvalue weighted by molar-refractivity contribution is 5.80. The first-order valence-electron chi connectivity index (χ1n) is 9.09. The van der Waals surface area contributed by atoms with Gasteiger partial charge in [0.25, 0.3) is 5.91 Å². The van der Waals surface area contributed by atoms with Gasteiger partial charge in [0.1, 0.15) is 0 Å². The van der Waals surface area contributed by atoms with Crippen molar-refractivity contribution in [1.29, 1.82) is 0 Å². The van der Waals surface area contributed by atoms with Crippen LogP contribution in [0, 0.1) is 20.8 Å². The molecule has 2 heterocycles. The lowest BCUT2D eigenvalue weighted by molar-refractivity contribution is -0.148. The smallest absolute Gasteiger partial charge is 0.306 e. The topological polar surface area (TPSA) is 85.6 Å². The highest BCUT2D eigenvalue weighted by Crippen LogP contribution is 2.17. The van der Waals surface area contributed by atoms with Gasteiger partial charge in [0.05, 0.1) is 5.69 Å². The molecule has 2 aromatic heterocycles. The van der Waals surface area contributed by atoms with Gasteiger partial charge in [-0.25, -0.2) is 9.50 Å². The molecule has 0 aromatic carbocycles. The molecule has 0 aliphatic carbocycles. The average Bonchev–Trinajstić information content (AvgIpc) is 2.93. The van der Waals surface area contributed by atoms with Crippen LogP contribution in [-0.2, 0) is 20.7 Å². The zero-order valence-corrected chi connectivity index (χ0v) is 16.3. The number of aryl methyl sites for hydroxylation is 3. The Morgan fingerprint density at radius 3 is 2.73 bits per heavy atom. The summed E-state index contributed by atoms with van der Waals surface area (Å²) in [6, 6.07) is 2.02. The number of carbonyl (C=O) groups is 2. The zero-order chi connectivity index (χ0) is 19.3. The fraction of sp³-hybridized carbons (Fsp3) is 0.579. The standard InChI is InChI=1S/C19H28N4O3/c1-6-7-12(2)20-18(24)11-26-19(25)9-8-16-14(4)21-17-10-13(3)22-23(17)15(16)5/h10,12H,6-9,11H2,1-5H3,(H,20,24). The van der Waals surface area contributed by atoms with Crippen LogP contribution >= 0.6 is 0 Å². The minimum atomic E-state index is -0.390. The second kappa shape index (κ2) is 8.78. The van der Waals surface area contributed by atoms with E-state index in [1.54, 1.807) is 4.52 Å². The number of hydrogen-bond donors (Lipinski definition) is 1. The second-order valence-corrected chi connectivity index (χ2v) is 6.73. The number of ether oxygens (including phenoxy) is 1. The number of nitrogens with zero attached hydrogens (tertiary/aromatic N) is 3. The van der Waals surface area contributed by atoms with Gasteiger partial charge in [0.2, 0.25) is 0 Å². The van der Waals surface area contributed by atoms with Crippen LogP contribution in [-0.4, -0.2) is 39.1 Å². The van der Waals surface area contributed by atoms with Crippen molar-refractivity contribution in [3.05, 3.63) is 28.7 Å². The summed E-state index contributed by atoms with van der Waals surface area (Å²) < 4.78 is 6.88. The Morgan fingerprint density at radius 1 is 1.31 bits per heavy atom. The molecule has 1 atom stereocenters. The first-order valence-corrected chi connectivity index (χ1v) is 9.09. The number of esters is 1. The van der Waals surface area contributed by atoms with Crippen LogP contribution in [0.4, 0.5) is 0 Å². The first-order chi connectivity index (χ1) is 12.3. The fourth-order valence-electron chi connectivity index (χ4n) is 3.07. The molecule has 2 rings (SSSR count). The number of amides is 1. The summed E-state index contributed by atoms with van der Waals surface area (Å²) in [6.07, 6.45) is 2.60. The molecule has 142 valence electrons. The van der Waals surface area contributed by atoms with Crippen molar-refractivity contribution >= 4 is 17.5 Å². The highest BCUT2D eigenvalue weighted by atomic mass is 16.5. The van der Waals surface area contributed by atoms with Gasteiger partial charge >= 0.3 is 5.97 Å². The van der Waals surface area contributed by atoms with Crippen molar-refractivity contribution in [3.8, 4) is 0 Å². The summed E-state index contributed by atoms with van der Waals surface area (Å²) in [4.78, 5) is 28.3. The van der Waals surface area contributed by atoms with Crippen molar-refractivity contribution in [2.45, 2.75) is 66.3 Å². The Balaban J connectivity index is 1.89.